The van der Waals surface area contributed by atoms with E-state index in [9.17, 15) is 8.78 Å². The Morgan fingerprint density at radius 2 is 1.83 bits per heavy atom. The number of nitrogens with one attached hydrogen (secondary N) is 1. The van der Waals surface area contributed by atoms with Crippen molar-refractivity contribution in [2.24, 2.45) is 0 Å². The molecule has 5 nitrogen and oxygen atoms in total. The number of alkyl halides is 2. The van der Waals surface area contributed by atoms with Crippen molar-refractivity contribution in [2.75, 3.05) is 26.2 Å². The second kappa shape index (κ2) is 7.84. The van der Waals surface area contributed by atoms with Gasteiger partial charge in [-0.05, 0) is 37.8 Å². The Kier molecular flexibility index (Phi) is 5.20. The molecule has 2 aliphatic heterocycles. The van der Waals surface area contributed by atoms with Crippen molar-refractivity contribution < 1.29 is 13.5 Å². The Balaban J connectivity index is 1.17. The average Bonchev–Trinajstić information content (AvgIpc) is 3.05. The lowest BCUT2D eigenvalue weighted by atomic mass is 9.90. The molecule has 5 rings (SSSR count). The van der Waals surface area contributed by atoms with Crippen molar-refractivity contribution in [1.82, 2.24) is 19.8 Å². The number of piperidine rings is 2. The number of likely N-dealkylation sites (tertiary alicyclic amines) is 2. The molecule has 1 aromatic heterocycles. The summed E-state index contributed by atoms with van der Waals surface area (Å²) < 4.78 is 32.9. The average molecular weight is 405 g/mol. The number of fused-ring (bicyclic) bond motifs is 1. The van der Waals surface area contributed by atoms with Crippen molar-refractivity contribution in [3.05, 3.63) is 24.0 Å². The van der Waals surface area contributed by atoms with E-state index in [4.69, 9.17) is 4.74 Å². The minimum absolute atomic E-state index is 0.0647. The van der Waals surface area contributed by atoms with E-state index >= 15 is 0 Å². The molecule has 1 aromatic carbocycles. The second-order valence-corrected chi connectivity index (χ2v) is 8.93. The van der Waals surface area contributed by atoms with Gasteiger partial charge in [0.2, 0.25) is 0 Å². The lowest BCUT2D eigenvalue weighted by Crippen LogP contribution is -2.46. The number of aromatic amines is 1. The van der Waals surface area contributed by atoms with Crippen molar-refractivity contribution >= 4 is 11.0 Å². The predicted octanol–water partition coefficient (Wildman–Crippen LogP) is 4.19. The van der Waals surface area contributed by atoms with Gasteiger partial charge in [-0.25, -0.2) is 13.8 Å². The molecule has 29 heavy (non-hydrogen) atoms. The number of hydrogen-bond donors (Lipinski definition) is 1. The fourth-order valence-electron chi connectivity index (χ4n) is 4.74. The fourth-order valence-corrected chi connectivity index (χ4v) is 4.74. The van der Waals surface area contributed by atoms with Crippen LogP contribution in [0.2, 0.25) is 0 Å². The van der Waals surface area contributed by atoms with Crippen LogP contribution in [0, 0.1) is 0 Å². The highest BCUT2D eigenvalue weighted by molar-refractivity contribution is 5.76. The van der Waals surface area contributed by atoms with Gasteiger partial charge in [0.1, 0.15) is 17.7 Å². The van der Waals surface area contributed by atoms with Crippen molar-refractivity contribution in [3.63, 3.8) is 0 Å². The number of aromatic nitrogens is 2. The molecule has 0 spiro atoms. The number of rotatable bonds is 5. The van der Waals surface area contributed by atoms with Crippen LogP contribution in [-0.4, -0.2) is 64.0 Å². The summed E-state index contributed by atoms with van der Waals surface area (Å²) in [5.74, 6) is -0.798. The second-order valence-electron chi connectivity index (χ2n) is 8.93. The van der Waals surface area contributed by atoms with Crippen LogP contribution in [0.1, 0.15) is 50.8 Å². The largest absolute Gasteiger partial charge is 0.490 e. The number of imidazole rings is 1. The summed E-state index contributed by atoms with van der Waals surface area (Å²) in [4.78, 5) is 12.7. The topological polar surface area (TPSA) is 44.4 Å². The standard InChI is InChI=1S/C22H30F2N4O/c23-22(24)8-12-27(13-9-22)15-21-25-19-5-4-18(14-20(19)26-21)29-17-6-10-28(11-7-17)16-2-1-3-16/h4-5,14,16-17H,1-3,6-13,15H2,(H,25,26). The van der Waals surface area contributed by atoms with Gasteiger partial charge in [0.15, 0.2) is 0 Å². The zero-order valence-electron chi connectivity index (χ0n) is 16.9. The highest BCUT2D eigenvalue weighted by atomic mass is 19.3. The molecular weight excluding hydrogens is 374 g/mol. The van der Waals surface area contributed by atoms with Gasteiger partial charge in [-0.15, -0.1) is 0 Å². The smallest absolute Gasteiger partial charge is 0.250 e. The maximum absolute atomic E-state index is 13.3. The van der Waals surface area contributed by atoms with E-state index in [1.807, 2.05) is 23.1 Å². The summed E-state index contributed by atoms with van der Waals surface area (Å²) in [7, 11) is 0. The number of hydrogen-bond acceptors (Lipinski definition) is 4. The van der Waals surface area contributed by atoms with Crippen molar-refractivity contribution in [2.45, 2.75) is 69.6 Å². The van der Waals surface area contributed by atoms with Crippen LogP contribution in [0.15, 0.2) is 18.2 Å². The van der Waals surface area contributed by atoms with Gasteiger partial charge in [0.05, 0.1) is 17.6 Å². The Morgan fingerprint density at radius 1 is 1.07 bits per heavy atom. The van der Waals surface area contributed by atoms with E-state index in [-0.39, 0.29) is 18.9 Å². The molecule has 3 heterocycles. The number of benzene rings is 1. The Bertz CT molecular complexity index is 832. The van der Waals surface area contributed by atoms with Crippen LogP contribution in [0.3, 0.4) is 0 Å². The molecule has 1 N–H and O–H groups in total. The minimum Gasteiger partial charge on any atom is -0.490 e. The molecule has 0 atom stereocenters. The maximum Gasteiger partial charge on any atom is 0.250 e. The van der Waals surface area contributed by atoms with Crippen molar-refractivity contribution in [1.29, 1.82) is 0 Å². The van der Waals surface area contributed by atoms with Gasteiger partial charge < -0.3 is 14.6 Å². The Hall–Kier alpha value is -1.73. The first-order chi connectivity index (χ1) is 14.0. The first kappa shape index (κ1) is 19.2. The molecule has 1 saturated carbocycles. The fraction of sp³-hybridized carbons (Fsp3) is 0.682. The zero-order valence-corrected chi connectivity index (χ0v) is 16.9. The molecule has 158 valence electrons. The molecule has 0 bridgehead atoms. The molecule has 0 unspecified atom stereocenters. The SMILES string of the molecule is FC1(F)CCN(Cc2nc3ccc(OC4CCN(C5CCC5)CC4)cc3[nH]2)CC1. The van der Waals surface area contributed by atoms with Gasteiger partial charge in [-0.1, -0.05) is 6.42 Å². The summed E-state index contributed by atoms with van der Waals surface area (Å²) in [6.45, 7) is 3.69. The van der Waals surface area contributed by atoms with E-state index in [1.54, 1.807) is 0 Å². The monoisotopic (exact) mass is 404 g/mol. The van der Waals surface area contributed by atoms with Gasteiger partial charge in [-0.2, -0.15) is 0 Å². The van der Waals surface area contributed by atoms with Crippen molar-refractivity contribution in [3.8, 4) is 5.75 Å². The molecule has 2 saturated heterocycles. The van der Waals surface area contributed by atoms with Crippen LogP contribution < -0.4 is 4.74 Å². The molecule has 0 amide bonds. The molecule has 7 heteroatoms. The third-order valence-electron chi connectivity index (χ3n) is 6.83. The number of halogens is 2. The van der Waals surface area contributed by atoms with Gasteiger partial charge in [0.25, 0.3) is 5.92 Å². The molecule has 1 aliphatic carbocycles. The molecular formula is C22H30F2N4O. The first-order valence-corrected chi connectivity index (χ1v) is 11.0. The third kappa shape index (κ3) is 4.40. The summed E-state index contributed by atoms with van der Waals surface area (Å²) in [5.41, 5.74) is 1.85. The predicted molar refractivity (Wildman–Crippen MR) is 108 cm³/mol. The summed E-state index contributed by atoms with van der Waals surface area (Å²) in [5, 5.41) is 0. The van der Waals surface area contributed by atoms with E-state index < -0.39 is 5.92 Å². The highest BCUT2D eigenvalue weighted by Crippen LogP contribution is 2.30. The first-order valence-electron chi connectivity index (χ1n) is 11.0. The summed E-state index contributed by atoms with van der Waals surface area (Å²) in [6.07, 6.45) is 6.44. The van der Waals surface area contributed by atoms with Crippen LogP contribution in [0.4, 0.5) is 8.78 Å². The van der Waals surface area contributed by atoms with E-state index in [0.29, 0.717) is 19.6 Å². The lowest BCUT2D eigenvalue weighted by Gasteiger charge is -2.41. The van der Waals surface area contributed by atoms with Crippen LogP contribution in [-0.2, 0) is 6.54 Å². The molecule has 3 fully saturated rings. The summed E-state index contributed by atoms with van der Waals surface area (Å²) in [6, 6.07) is 6.82. The third-order valence-corrected chi connectivity index (χ3v) is 6.83. The molecule has 2 aromatic rings. The number of H-pyrrole nitrogens is 1. The van der Waals surface area contributed by atoms with Crippen LogP contribution >= 0.6 is 0 Å². The molecule has 3 aliphatic rings. The Morgan fingerprint density at radius 3 is 2.52 bits per heavy atom. The van der Waals surface area contributed by atoms with Gasteiger partial charge in [0, 0.05) is 51.1 Å². The van der Waals surface area contributed by atoms with E-state index in [2.05, 4.69) is 14.9 Å². The maximum atomic E-state index is 13.3. The highest BCUT2D eigenvalue weighted by Gasteiger charge is 2.34. The number of ether oxygens (including phenoxy) is 1. The lowest BCUT2D eigenvalue weighted by molar-refractivity contribution is -0.0570. The minimum atomic E-state index is -2.51. The van der Waals surface area contributed by atoms with E-state index in [1.165, 1.54) is 19.3 Å². The van der Waals surface area contributed by atoms with Gasteiger partial charge >= 0.3 is 0 Å². The Labute approximate surface area is 170 Å². The van der Waals surface area contributed by atoms with Gasteiger partial charge in [-0.3, -0.25) is 4.90 Å². The normalized spacial score (nSPS) is 24.6. The van der Waals surface area contributed by atoms with E-state index in [0.717, 1.165) is 54.6 Å². The zero-order chi connectivity index (χ0) is 19.8. The molecule has 0 radical (unpaired) electrons. The summed E-state index contributed by atoms with van der Waals surface area (Å²) >= 11 is 0. The quantitative estimate of drug-likeness (QED) is 0.812. The number of nitrogens with zero attached hydrogens (tertiary/aromatic N) is 3. The van der Waals surface area contributed by atoms with Crippen LogP contribution in [0.25, 0.3) is 11.0 Å². The van der Waals surface area contributed by atoms with Crippen LogP contribution in [0.5, 0.6) is 5.75 Å².